The van der Waals surface area contributed by atoms with E-state index in [1.807, 2.05) is 0 Å². The zero-order valence-electron chi connectivity index (χ0n) is 9.59. The summed E-state index contributed by atoms with van der Waals surface area (Å²) in [6, 6.07) is 11.5. The Hall–Kier alpha value is -2.96. The van der Waals surface area contributed by atoms with Gasteiger partial charge < -0.3 is 0 Å². The Kier molecular flexibility index (Phi) is 3.37. The first-order chi connectivity index (χ1) is 9.06. The molecule has 2 rings (SSSR count). The molecule has 0 atom stereocenters. The van der Waals surface area contributed by atoms with Crippen LogP contribution in [0.3, 0.4) is 0 Å². The third kappa shape index (κ3) is 3.03. The van der Waals surface area contributed by atoms with Crippen molar-refractivity contribution < 1.29 is 9.85 Å². The van der Waals surface area contributed by atoms with Crippen LogP contribution in [0.15, 0.2) is 48.5 Å². The van der Waals surface area contributed by atoms with Crippen LogP contribution in [-0.2, 0) is 0 Å². The molecule has 0 heterocycles. The third-order valence-corrected chi connectivity index (χ3v) is 2.38. The van der Waals surface area contributed by atoms with E-state index >= 15 is 0 Å². The Morgan fingerprint density at radius 3 is 1.26 bits per heavy atom. The topological polar surface area (TPSA) is 100 Å². The van der Waals surface area contributed by atoms with Gasteiger partial charge in [0.1, 0.15) is 0 Å². The van der Waals surface area contributed by atoms with Gasteiger partial charge >= 0.3 is 0 Å². The number of rotatable bonds is 4. The highest BCUT2D eigenvalue weighted by Crippen LogP contribution is 2.22. The predicted molar refractivity (Wildman–Crippen MR) is 67.6 cm³/mol. The van der Waals surface area contributed by atoms with Crippen molar-refractivity contribution in [2.75, 3.05) is 0 Å². The minimum atomic E-state index is -0.490. The van der Waals surface area contributed by atoms with Crippen molar-refractivity contribution in [3.63, 3.8) is 0 Å². The van der Waals surface area contributed by atoms with E-state index in [2.05, 4.69) is 5.32 Å². The SMILES string of the molecule is O=[N+]([O-])c1ccc([N]c2ccc([N+](=O)[O-])cc2)cc1. The van der Waals surface area contributed by atoms with Crippen LogP contribution in [0.4, 0.5) is 22.7 Å². The van der Waals surface area contributed by atoms with Gasteiger partial charge in [0.25, 0.3) is 11.4 Å². The summed E-state index contributed by atoms with van der Waals surface area (Å²) in [6.45, 7) is 0. The normalized spacial score (nSPS) is 9.89. The summed E-state index contributed by atoms with van der Waals surface area (Å²) in [5.41, 5.74) is 1.06. The first-order valence-corrected chi connectivity index (χ1v) is 5.27. The number of nitrogens with zero attached hydrogens (tertiary/aromatic N) is 3. The molecule has 0 bridgehead atoms. The molecule has 0 saturated heterocycles. The van der Waals surface area contributed by atoms with Gasteiger partial charge in [0, 0.05) is 24.3 Å². The number of benzene rings is 2. The molecule has 7 heteroatoms. The molecular weight excluding hydrogens is 250 g/mol. The van der Waals surface area contributed by atoms with E-state index in [0.717, 1.165) is 0 Å². The van der Waals surface area contributed by atoms with E-state index in [1.54, 1.807) is 0 Å². The highest BCUT2D eigenvalue weighted by molar-refractivity contribution is 5.53. The minimum absolute atomic E-state index is 0.0114. The number of non-ortho nitro benzene ring substituents is 2. The number of nitro benzene ring substituents is 2. The van der Waals surface area contributed by atoms with Crippen LogP contribution in [0, 0.1) is 20.2 Å². The molecule has 0 spiro atoms. The van der Waals surface area contributed by atoms with Crippen molar-refractivity contribution in [1.82, 2.24) is 5.32 Å². The Bertz CT molecular complexity index is 552. The van der Waals surface area contributed by atoms with Crippen LogP contribution in [0.2, 0.25) is 0 Å². The first-order valence-electron chi connectivity index (χ1n) is 5.27. The highest BCUT2D eigenvalue weighted by atomic mass is 16.6. The zero-order chi connectivity index (χ0) is 13.8. The van der Waals surface area contributed by atoms with Gasteiger partial charge in [0.2, 0.25) is 0 Å². The van der Waals surface area contributed by atoms with Crippen molar-refractivity contribution in [2.24, 2.45) is 0 Å². The second kappa shape index (κ2) is 5.13. The summed E-state index contributed by atoms with van der Waals surface area (Å²) in [5.74, 6) is 0. The van der Waals surface area contributed by atoms with Crippen LogP contribution in [0.1, 0.15) is 0 Å². The van der Waals surface area contributed by atoms with E-state index in [-0.39, 0.29) is 11.4 Å². The molecule has 0 aliphatic carbocycles. The summed E-state index contributed by atoms with van der Waals surface area (Å²) in [6.07, 6.45) is 0. The Balaban J connectivity index is 2.12. The number of hydrogen-bond donors (Lipinski definition) is 0. The van der Waals surface area contributed by atoms with Crippen LogP contribution in [0.5, 0.6) is 0 Å². The largest absolute Gasteiger partial charge is 0.269 e. The van der Waals surface area contributed by atoms with Crippen LogP contribution in [-0.4, -0.2) is 9.85 Å². The van der Waals surface area contributed by atoms with E-state index < -0.39 is 9.85 Å². The van der Waals surface area contributed by atoms with Crippen molar-refractivity contribution in [3.8, 4) is 0 Å². The molecule has 0 fully saturated rings. The quantitative estimate of drug-likeness (QED) is 0.621. The molecule has 1 radical (unpaired) electrons. The van der Waals surface area contributed by atoms with Gasteiger partial charge in [0.05, 0.1) is 21.2 Å². The average molecular weight is 258 g/mol. The molecule has 0 unspecified atom stereocenters. The summed E-state index contributed by atoms with van der Waals surface area (Å²) in [5, 5.41) is 25.2. The lowest BCUT2D eigenvalue weighted by atomic mass is 10.2. The van der Waals surface area contributed by atoms with E-state index in [1.165, 1.54) is 48.5 Å². The lowest BCUT2D eigenvalue weighted by molar-refractivity contribution is -0.385. The molecular formula is C12H8N3O4. The standard InChI is InChI=1S/C12H8N3O4/c16-14(17)11-5-1-9(2-6-11)13-10-3-7-12(8-4-10)15(18)19/h1-8H. The molecule has 19 heavy (non-hydrogen) atoms. The summed E-state index contributed by atoms with van der Waals surface area (Å²) in [4.78, 5) is 20.0. The van der Waals surface area contributed by atoms with Crippen molar-refractivity contribution in [1.29, 1.82) is 0 Å². The van der Waals surface area contributed by atoms with Crippen molar-refractivity contribution >= 4 is 22.7 Å². The Labute approximate surface area is 107 Å². The molecule has 2 aromatic carbocycles. The molecule has 0 aliphatic heterocycles. The third-order valence-electron chi connectivity index (χ3n) is 2.38. The summed E-state index contributed by atoms with van der Waals surface area (Å²) >= 11 is 0. The van der Waals surface area contributed by atoms with Gasteiger partial charge in [0.15, 0.2) is 0 Å². The van der Waals surface area contributed by atoms with Crippen LogP contribution in [0.25, 0.3) is 0 Å². The van der Waals surface area contributed by atoms with Gasteiger partial charge in [-0.2, -0.15) is 0 Å². The smallest absolute Gasteiger partial charge is 0.258 e. The summed E-state index contributed by atoms with van der Waals surface area (Å²) in [7, 11) is 0. The summed E-state index contributed by atoms with van der Waals surface area (Å²) < 4.78 is 0. The monoisotopic (exact) mass is 258 g/mol. The maximum Gasteiger partial charge on any atom is 0.269 e. The second-order valence-corrected chi connectivity index (χ2v) is 3.66. The molecule has 0 saturated carbocycles. The molecule has 7 nitrogen and oxygen atoms in total. The van der Waals surface area contributed by atoms with Gasteiger partial charge in [-0.25, -0.2) is 5.32 Å². The molecule has 0 aliphatic rings. The molecule has 2 aromatic rings. The Morgan fingerprint density at radius 2 is 1.00 bits per heavy atom. The fourth-order valence-corrected chi connectivity index (χ4v) is 1.45. The first kappa shape index (κ1) is 12.5. The average Bonchev–Trinajstić information content (AvgIpc) is 2.40. The van der Waals surface area contributed by atoms with Gasteiger partial charge in [-0.05, 0) is 24.3 Å². The molecule has 0 N–H and O–H groups in total. The minimum Gasteiger partial charge on any atom is -0.258 e. The fraction of sp³-hybridized carbons (Fsp3) is 0. The maximum atomic E-state index is 10.5. The van der Waals surface area contributed by atoms with Crippen LogP contribution < -0.4 is 5.32 Å². The van der Waals surface area contributed by atoms with E-state index in [9.17, 15) is 20.2 Å². The number of hydrogen-bond acceptors (Lipinski definition) is 4. The molecule has 95 valence electrons. The van der Waals surface area contributed by atoms with Crippen molar-refractivity contribution in [2.45, 2.75) is 0 Å². The van der Waals surface area contributed by atoms with Gasteiger partial charge in [-0.3, -0.25) is 20.2 Å². The van der Waals surface area contributed by atoms with E-state index in [0.29, 0.717) is 11.4 Å². The Morgan fingerprint density at radius 1 is 0.684 bits per heavy atom. The molecule has 0 aromatic heterocycles. The number of nitro groups is 2. The van der Waals surface area contributed by atoms with Gasteiger partial charge in [-0.1, -0.05) is 0 Å². The second-order valence-electron chi connectivity index (χ2n) is 3.66. The lowest BCUT2D eigenvalue weighted by Gasteiger charge is -2.02. The highest BCUT2D eigenvalue weighted by Gasteiger charge is 2.07. The van der Waals surface area contributed by atoms with Crippen LogP contribution >= 0.6 is 0 Å². The zero-order valence-corrected chi connectivity index (χ0v) is 9.59. The predicted octanol–water partition coefficient (Wildman–Crippen LogP) is 3.07. The molecule has 0 amide bonds. The van der Waals surface area contributed by atoms with E-state index in [4.69, 9.17) is 0 Å². The lowest BCUT2D eigenvalue weighted by Crippen LogP contribution is -1.92. The van der Waals surface area contributed by atoms with Gasteiger partial charge in [-0.15, -0.1) is 0 Å². The fourth-order valence-electron chi connectivity index (χ4n) is 1.45. The maximum absolute atomic E-state index is 10.5. The van der Waals surface area contributed by atoms with Crippen molar-refractivity contribution in [3.05, 3.63) is 68.8 Å².